The van der Waals surface area contributed by atoms with Crippen LogP contribution in [0.5, 0.6) is 11.5 Å². The van der Waals surface area contributed by atoms with Crippen molar-refractivity contribution in [3.05, 3.63) is 53.6 Å². The third-order valence-corrected chi connectivity index (χ3v) is 5.88. The molecule has 0 heterocycles. The maximum Gasteiger partial charge on any atom is 0.253 e. The van der Waals surface area contributed by atoms with E-state index >= 15 is 0 Å². The molecule has 1 amide bonds. The molecule has 1 N–H and O–H groups in total. The Labute approximate surface area is 154 Å². The average Bonchev–Trinajstić information content (AvgIpc) is 2.67. The van der Waals surface area contributed by atoms with Crippen molar-refractivity contribution < 1.29 is 22.7 Å². The minimum atomic E-state index is -3.50. The molecule has 0 aliphatic heterocycles. The van der Waals surface area contributed by atoms with Gasteiger partial charge >= 0.3 is 0 Å². The Bertz CT molecular complexity index is 893. The van der Waals surface area contributed by atoms with E-state index in [1.165, 1.54) is 12.1 Å². The van der Waals surface area contributed by atoms with Crippen LogP contribution < -0.4 is 14.8 Å². The van der Waals surface area contributed by atoms with Crippen molar-refractivity contribution in [2.24, 2.45) is 0 Å². The Morgan fingerprint density at radius 3 is 2.42 bits per heavy atom. The molecule has 0 unspecified atom stereocenters. The topological polar surface area (TPSA) is 81.7 Å². The largest absolute Gasteiger partial charge is 0.497 e. The molecule has 0 bridgehead atoms. The van der Waals surface area contributed by atoms with Crippen LogP contribution in [0.25, 0.3) is 0 Å². The number of benzene rings is 2. The van der Waals surface area contributed by atoms with E-state index in [0.29, 0.717) is 11.5 Å². The van der Waals surface area contributed by atoms with Gasteiger partial charge in [0.1, 0.15) is 11.5 Å². The first-order chi connectivity index (χ1) is 12.3. The molecule has 1 atom stereocenters. The minimum absolute atomic E-state index is 0.0322. The van der Waals surface area contributed by atoms with Crippen LogP contribution >= 0.6 is 0 Å². The van der Waals surface area contributed by atoms with Gasteiger partial charge in [-0.15, -0.1) is 0 Å². The van der Waals surface area contributed by atoms with Gasteiger partial charge in [0, 0.05) is 5.56 Å². The van der Waals surface area contributed by atoms with E-state index in [2.05, 4.69) is 5.32 Å². The van der Waals surface area contributed by atoms with E-state index in [1.54, 1.807) is 58.4 Å². The molecular weight excluding hydrogens is 354 g/mol. The highest BCUT2D eigenvalue weighted by atomic mass is 32.2. The lowest BCUT2D eigenvalue weighted by molar-refractivity contribution is 0.0936. The van der Waals surface area contributed by atoms with Crippen molar-refractivity contribution in [2.45, 2.75) is 24.8 Å². The highest BCUT2D eigenvalue weighted by Gasteiger charge is 2.22. The number of methoxy groups -OCH3 is 2. The SMILES string of the molecule is CCS(=O)(=O)c1ccccc1C(=O)N[C@@H](C)c1cc(OC)ccc1OC. The van der Waals surface area contributed by atoms with Gasteiger partial charge in [0.05, 0.1) is 36.5 Å². The van der Waals surface area contributed by atoms with Crippen LogP contribution in [0, 0.1) is 0 Å². The molecule has 6 nitrogen and oxygen atoms in total. The number of hydrogen-bond donors (Lipinski definition) is 1. The molecule has 140 valence electrons. The molecule has 7 heteroatoms. The second kappa shape index (κ2) is 8.23. The highest BCUT2D eigenvalue weighted by molar-refractivity contribution is 7.91. The van der Waals surface area contributed by atoms with Gasteiger partial charge in [0.15, 0.2) is 9.84 Å². The van der Waals surface area contributed by atoms with Gasteiger partial charge in [-0.1, -0.05) is 19.1 Å². The highest BCUT2D eigenvalue weighted by Crippen LogP contribution is 2.29. The van der Waals surface area contributed by atoms with Crippen molar-refractivity contribution in [2.75, 3.05) is 20.0 Å². The zero-order chi connectivity index (χ0) is 19.3. The number of carbonyl (C=O) groups is 1. The van der Waals surface area contributed by atoms with E-state index < -0.39 is 21.8 Å². The Morgan fingerprint density at radius 1 is 1.12 bits per heavy atom. The molecule has 0 radical (unpaired) electrons. The van der Waals surface area contributed by atoms with Crippen molar-refractivity contribution in [1.82, 2.24) is 5.32 Å². The van der Waals surface area contributed by atoms with Crippen LogP contribution in [-0.4, -0.2) is 34.3 Å². The Kier molecular flexibility index (Phi) is 6.26. The number of amides is 1. The number of sulfone groups is 1. The second-order valence-electron chi connectivity index (χ2n) is 5.70. The predicted octanol–water partition coefficient (Wildman–Crippen LogP) is 2.99. The van der Waals surface area contributed by atoms with E-state index in [9.17, 15) is 13.2 Å². The standard InChI is InChI=1S/C19H23NO5S/c1-5-26(22,23)18-9-7-6-8-15(18)19(21)20-13(2)16-12-14(24-3)10-11-17(16)25-4/h6-13H,5H2,1-4H3,(H,20,21)/t13-/m0/s1. The maximum absolute atomic E-state index is 12.7. The summed E-state index contributed by atoms with van der Waals surface area (Å²) in [7, 11) is -0.402. The molecule has 2 aromatic rings. The summed E-state index contributed by atoms with van der Waals surface area (Å²) in [4.78, 5) is 12.8. The molecule has 26 heavy (non-hydrogen) atoms. The van der Waals surface area contributed by atoms with Crippen molar-refractivity contribution in [1.29, 1.82) is 0 Å². The number of nitrogens with one attached hydrogen (secondary N) is 1. The monoisotopic (exact) mass is 377 g/mol. The first-order valence-corrected chi connectivity index (χ1v) is 9.83. The summed E-state index contributed by atoms with van der Waals surface area (Å²) >= 11 is 0. The van der Waals surface area contributed by atoms with Gasteiger partial charge in [0.25, 0.3) is 5.91 Å². The Hall–Kier alpha value is -2.54. The van der Waals surface area contributed by atoms with Crippen LogP contribution in [0.3, 0.4) is 0 Å². The fourth-order valence-corrected chi connectivity index (χ4v) is 3.70. The molecule has 0 spiro atoms. The maximum atomic E-state index is 12.7. The molecule has 0 fully saturated rings. The fourth-order valence-electron chi connectivity index (χ4n) is 2.61. The van der Waals surface area contributed by atoms with Gasteiger partial charge in [-0.3, -0.25) is 4.79 Å². The van der Waals surface area contributed by atoms with Gasteiger partial charge in [0.2, 0.25) is 0 Å². The summed E-state index contributed by atoms with van der Waals surface area (Å²) in [5.41, 5.74) is 0.860. The van der Waals surface area contributed by atoms with Gasteiger partial charge in [-0.05, 0) is 37.3 Å². The first kappa shape index (κ1) is 19.8. The fraction of sp³-hybridized carbons (Fsp3) is 0.316. The molecule has 0 saturated carbocycles. The van der Waals surface area contributed by atoms with E-state index in [0.717, 1.165) is 5.56 Å². The normalized spacial score (nSPS) is 12.3. The lowest BCUT2D eigenvalue weighted by Gasteiger charge is -2.19. The van der Waals surface area contributed by atoms with Crippen LogP contribution in [0.15, 0.2) is 47.4 Å². The first-order valence-electron chi connectivity index (χ1n) is 8.18. The van der Waals surface area contributed by atoms with Gasteiger partial charge < -0.3 is 14.8 Å². The molecule has 0 aromatic heterocycles. The summed E-state index contributed by atoms with van der Waals surface area (Å²) in [6.45, 7) is 3.35. The predicted molar refractivity (Wildman–Crippen MR) is 99.6 cm³/mol. The summed E-state index contributed by atoms with van der Waals surface area (Å²) in [5.74, 6) is 0.704. The quantitative estimate of drug-likeness (QED) is 0.802. The molecule has 0 aliphatic carbocycles. The molecule has 2 rings (SSSR count). The molecule has 0 aliphatic rings. The lowest BCUT2D eigenvalue weighted by Crippen LogP contribution is -2.28. The van der Waals surface area contributed by atoms with Crippen molar-refractivity contribution >= 4 is 15.7 Å². The third-order valence-electron chi connectivity index (χ3n) is 4.10. The van der Waals surface area contributed by atoms with Crippen LogP contribution in [0.4, 0.5) is 0 Å². The zero-order valence-electron chi connectivity index (χ0n) is 15.3. The zero-order valence-corrected chi connectivity index (χ0v) is 16.1. The van der Waals surface area contributed by atoms with E-state index in [1.807, 2.05) is 0 Å². The molecular formula is C19H23NO5S. The number of carbonyl (C=O) groups excluding carboxylic acids is 1. The Morgan fingerprint density at radius 2 is 1.81 bits per heavy atom. The number of hydrogen-bond acceptors (Lipinski definition) is 5. The number of rotatable bonds is 7. The molecule has 2 aromatic carbocycles. The second-order valence-corrected chi connectivity index (χ2v) is 7.95. The van der Waals surface area contributed by atoms with Crippen molar-refractivity contribution in [3.63, 3.8) is 0 Å². The van der Waals surface area contributed by atoms with Crippen LogP contribution in [0.2, 0.25) is 0 Å². The van der Waals surface area contributed by atoms with Crippen LogP contribution in [0.1, 0.15) is 35.8 Å². The van der Waals surface area contributed by atoms with Gasteiger partial charge in [-0.25, -0.2) is 8.42 Å². The van der Waals surface area contributed by atoms with E-state index in [-0.39, 0.29) is 16.2 Å². The lowest BCUT2D eigenvalue weighted by atomic mass is 10.1. The molecule has 0 saturated heterocycles. The summed E-state index contributed by atoms with van der Waals surface area (Å²) in [6.07, 6.45) is 0. The summed E-state index contributed by atoms with van der Waals surface area (Å²) < 4.78 is 35.1. The van der Waals surface area contributed by atoms with Crippen molar-refractivity contribution in [3.8, 4) is 11.5 Å². The smallest absolute Gasteiger partial charge is 0.253 e. The average molecular weight is 377 g/mol. The minimum Gasteiger partial charge on any atom is -0.497 e. The van der Waals surface area contributed by atoms with Gasteiger partial charge in [-0.2, -0.15) is 0 Å². The van der Waals surface area contributed by atoms with E-state index in [4.69, 9.17) is 9.47 Å². The summed E-state index contributed by atoms with van der Waals surface area (Å²) in [5, 5.41) is 2.84. The third kappa shape index (κ3) is 4.16. The Balaban J connectivity index is 2.34. The summed E-state index contributed by atoms with van der Waals surface area (Å²) in [6, 6.07) is 11.1. The van der Waals surface area contributed by atoms with Crippen LogP contribution in [-0.2, 0) is 9.84 Å². The number of ether oxygens (including phenoxy) is 2.